The van der Waals surface area contributed by atoms with Gasteiger partial charge in [0.05, 0.1) is 25.5 Å². The fraction of sp³-hybridized carbons (Fsp3) is 0.211. The zero-order valence-electron chi connectivity index (χ0n) is 15.6. The first-order chi connectivity index (χ1) is 13.7. The van der Waals surface area contributed by atoms with E-state index >= 15 is 0 Å². The highest BCUT2D eigenvalue weighted by Crippen LogP contribution is 2.36. The molecule has 29 heavy (non-hydrogen) atoms. The van der Waals surface area contributed by atoms with Gasteiger partial charge in [0, 0.05) is 17.1 Å². The smallest absolute Gasteiger partial charge is 0.337 e. The second-order valence-electron chi connectivity index (χ2n) is 6.79. The van der Waals surface area contributed by atoms with Crippen molar-refractivity contribution in [3.8, 4) is 0 Å². The number of amides is 1. The minimum Gasteiger partial charge on any atom is -0.465 e. The first kappa shape index (κ1) is 18.9. The molecular weight excluding hydrogens is 396 g/mol. The first-order valence-corrected chi connectivity index (χ1v) is 10.6. The van der Waals surface area contributed by atoms with Gasteiger partial charge in [-0.3, -0.25) is 14.5 Å². The molecule has 4 rings (SSSR count). The van der Waals surface area contributed by atoms with E-state index in [2.05, 4.69) is 20.3 Å². The van der Waals surface area contributed by atoms with Crippen molar-refractivity contribution in [2.24, 2.45) is 4.99 Å². The van der Waals surface area contributed by atoms with E-state index in [0.717, 1.165) is 17.5 Å². The number of carbonyl (C=O) groups is 2. The van der Waals surface area contributed by atoms with E-state index in [0.29, 0.717) is 28.3 Å². The summed E-state index contributed by atoms with van der Waals surface area (Å²) in [4.78, 5) is 28.9. The molecule has 1 amide bonds. The van der Waals surface area contributed by atoms with E-state index in [4.69, 9.17) is 4.74 Å². The number of nitrogens with one attached hydrogen (secondary N) is 3. The largest absolute Gasteiger partial charge is 0.465 e. The average Bonchev–Trinajstić information content (AvgIpc) is 3.00. The summed E-state index contributed by atoms with van der Waals surface area (Å²) in [5, 5.41) is 5.96. The van der Waals surface area contributed by atoms with Crippen LogP contribution in [-0.4, -0.2) is 39.5 Å². The number of rotatable bonds is 4. The minimum absolute atomic E-state index is 0.243. The van der Waals surface area contributed by atoms with E-state index < -0.39 is 21.9 Å². The van der Waals surface area contributed by atoms with Gasteiger partial charge in [-0.1, -0.05) is 0 Å². The Labute approximate surface area is 167 Å². The first-order valence-electron chi connectivity index (χ1n) is 8.70. The van der Waals surface area contributed by atoms with Crippen LogP contribution in [0.4, 0.5) is 17.1 Å². The Morgan fingerprint density at radius 1 is 1.17 bits per heavy atom. The Balaban J connectivity index is 1.64. The SMILES string of the molecule is COC(=O)c1ccc2c(c1)C(C1=NCc3cc(NS(C)(=O)=O)ccc3N1)C(=O)N2. The van der Waals surface area contributed by atoms with Crippen molar-refractivity contribution in [1.29, 1.82) is 0 Å². The maximum absolute atomic E-state index is 12.6. The van der Waals surface area contributed by atoms with Crippen LogP contribution in [0.1, 0.15) is 27.4 Å². The summed E-state index contributed by atoms with van der Waals surface area (Å²) in [7, 11) is -2.08. The van der Waals surface area contributed by atoms with Crippen LogP contribution < -0.4 is 15.4 Å². The summed E-state index contributed by atoms with van der Waals surface area (Å²) in [5.74, 6) is -0.955. The number of hydrogen-bond acceptors (Lipinski definition) is 7. The van der Waals surface area contributed by atoms with E-state index in [1.165, 1.54) is 7.11 Å². The number of amidine groups is 1. The predicted octanol–water partition coefficient (Wildman–Crippen LogP) is 1.90. The van der Waals surface area contributed by atoms with Crippen LogP contribution in [0.5, 0.6) is 0 Å². The molecular formula is C19H18N4O5S. The molecule has 2 heterocycles. The van der Waals surface area contributed by atoms with Crippen molar-refractivity contribution in [2.45, 2.75) is 12.5 Å². The molecule has 0 saturated heterocycles. The molecule has 0 bridgehead atoms. The Kier molecular flexibility index (Phi) is 4.50. The standard InChI is InChI=1S/C19H18N4O5S/c1-28-19(25)10-3-5-15-13(8-10)16(18(24)22-15)17-20-9-11-7-12(23-29(2,26)27)4-6-14(11)21-17/h3-8,16,23H,9H2,1-2H3,(H,20,21)(H,22,24). The number of benzene rings is 2. The highest BCUT2D eigenvalue weighted by Gasteiger charge is 2.36. The third kappa shape index (κ3) is 3.66. The summed E-state index contributed by atoms with van der Waals surface area (Å²) in [6.45, 7) is 0.284. The number of carbonyl (C=O) groups excluding carboxylic acids is 2. The second kappa shape index (κ2) is 6.89. The van der Waals surface area contributed by atoms with Gasteiger partial charge in [0.1, 0.15) is 11.8 Å². The molecule has 0 spiro atoms. The van der Waals surface area contributed by atoms with Gasteiger partial charge in [0.2, 0.25) is 15.9 Å². The lowest BCUT2D eigenvalue weighted by Crippen LogP contribution is -2.29. The molecule has 0 fully saturated rings. The van der Waals surface area contributed by atoms with Gasteiger partial charge in [-0.25, -0.2) is 13.2 Å². The highest BCUT2D eigenvalue weighted by atomic mass is 32.2. The van der Waals surface area contributed by atoms with Gasteiger partial charge >= 0.3 is 5.97 Å². The maximum atomic E-state index is 12.6. The van der Waals surface area contributed by atoms with Gasteiger partial charge in [0.15, 0.2) is 0 Å². The number of hydrogen-bond donors (Lipinski definition) is 3. The van der Waals surface area contributed by atoms with Crippen LogP contribution in [0.15, 0.2) is 41.4 Å². The Morgan fingerprint density at radius 3 is 2.66 bits per heavy atom. The number of fused-ring (bicyclic) bond motifs is 2. The van der Waals surface area contributed by atoms with E-state index in [1.807, 2.05) is 0 Å². The quantitative estimate of drug-likeness (QED) is 0.656. The van der Waals surface area contributed by atoms with Gasteiger partial charge in [0.25, 0.3) is 0 Å². The van der Waals surface area contributed by atoms with Crippen LogP contribution in [0.2, 0.25) is 0 Å². The summed E-state index contributed by atoms with van der Waals surface area (Å²) < 4.78 is 30.0. The van der Waals surface area contributed by atoms with Crippen LogP contribution in [0, 0.1) is 0 Å². The lowest BCUT2D eigenvalue weighted by Gasteiger charge is -2.22. The summed E-state index contributed by atoms with van der Waals surface area (Å²) in [6, 6.07) is 9.95. The van der Waals surface area contributed by atoms with Crippen LogP contribution in [0.25, 0.3) is 0 Å². The number of methoxy groups -OCH3 is 1. The third-order valence-electron chi connectivity index (χ3n) is 4.67. The summed E-state index contributed by atoms with van der Waals surface area (Å²) >= 11 is 0. The molecule has 0 aliphatic carbocycles. The number of ether oxygens (including phenoxy) is 1. The molecule has 2 aliphatic heterocycles. The van der Waals surface area contributed by atoms with Crippen molar-refractivity contribution in [1.82, 2.24) is 0 Å². The lowest BCUT2D eigenvalue weighted by molar-refractivity contribution is -0.115. The molecule has 9 nitrogen and oxygen atoms in total. The van der Waals surface area contributed by atoms with Crippen molar-refractivity contribution >= 4 is 44.8 Å². The Morgan fingerprint density at radius 2 is 1.93 bits per heavy atom. The van der Waals surface area contributed by atoms with E-state index in [1.54, 1.807) is 36.4 Å². The number of esters is 1. The zero-order valence-corrected chi connectivity index (χ0v) is 16.5. The predicted molar refractivity (Wildman–Crippen MR) is 109 cm³/mol. The van der Waals surface area contributed by atoms with E-state index in [-0.39, 0.29) is 12.5 Å². The third-order valence-corrected chi connectivity index (χ3v) is 5.27. The molecule has 2 aromatic carbocycles. The van der Waals surface area contributed by atoms with Gasteiger partial charge < -0.3 is 15.4 Å². The molecule has 150 valence electrons. The second-order valence-corrected chi connectivity index (χ2v) is 8.54. The Bertz CT molecular complexity index is 1170. The normalized spacial score (nSPS) is 17.4. The molecule has 2 aliphatic rings. The molecule has 1 unspecified atom stereocenters. The lowest BCUT2D eigenvalue weighted by atomic mass is 9.96. The average molecular weight is 414 g/mol. The monoisotopic (exact) mass is 414 g/mol. The van der Waals surface area contributed by atoms with Gasteiger partial charge in [-0.2, -0.15) is 0 Å². The van der Waals surface area contributed by atoms with Crippen LogP contribution >= 0.6 is 0 Å². The van der Waals surface area contributed by atoms with Gasteiger partial charge in [-0.15, -0.1) is 0 Å². The number of sulfonamides is 1. The van der Waals surface area contributed by atoms with Gasteiger partial charge in [-0.05, 0) is 47.5 Å². The maximum Gasteiger partial charge on any atom is 0.337 e. The molecule has 0 aromatic heterocycles. The molecule has 3 N–H and O–H groups in total. The van der Waals surface area contributed by atoms with Crippen molar-refractivity contribution < 1.29 is 22.7 Å². The van der Waals surface area contributed by atoms with Crippen molar-refractivity contribution in [3.05, 3.63) is 53.1 Å². The topological polar surface area (TPSA) is 126 Å². The van der Waals surface area contributed by atoms with Crippen molar-refractivity contribution in [2.75, 3.05) is 28.7 Å². The number of nitrogens with zero attached hydrogens (tertiary/aromatic N) is 1. The summed E-state index contributed by atoms with van der Waals surface area (Å²) in [6.07, 6.45) is 1.08. The Hall–Kier alpha value is -3.40. The minimum atomic E-state index is -3.38. The summed E-state index contributed by atoms with van der Waals surface area (Å²) in [5.41, 5.74) is 3.59. The highest BCUT2D eigenvalue weighted by molar-refractivity contribution is 7.92. The molecule has 10 heteroatoms. The molecule has 2 aromatic rings. The molecule has 0 radical (unpaired) electrons. The van der Waals surface area contributed by atoms with Crippen LogP contribution in [-0.2, 0) is 26.1 Å². The molecule has 1 atom stereocenters. The van der Waals surface area contributed by atoms with Crippen LogP contribution in [0.3, 0.4) is 0 Å². The number of aliphatic imine (C=N–C) groups is 1. The molecule has 0 saturated carbocycles. The van der Waals surface area contributed by atoms with E-state index in [9.17, 15) is 18.0 Å². The fourth-order valence-electron chi connectivity index (χ4n) is 3.41. The zero-order chi connectivity index (χ0) is 20.8. The fourth-order valence-corrected chi connectivity index (χ4v) is 3.97. The van der Waals surface area contributed by atoms with Crippen molar-refractivity contribution in [3.63, 3.8) is 0 Å². The number of anilines is 3.